The lowest BCUT2D eigenvalue weighted by Crippen LogP contribution is -2.18. The molecule has 1 aromatic rings. The monoisotopic (exact) mass is 248 g/mol. The van der Waals surface area contributed by atoms with E-state index in [1.54, 1.807) is 0 Å². The number of carbonyl (C=O) groups excluding carboxylic acids is 1. The van der Waals surface area contributed by atoms with Crippen molar-refractivity contribution in [3.8, 4) is 0 Å². The van der Waals surface area contributed by atoms with Gasteiger partial charge in [0, 0.05) is 0 Å². The van der Waals surface area contributed by atoms with E-state index in [1.165, 1.54) is 12.7 Å². The van der Waals surface area contributed by atoms with Gasteiger partial charge in [0.15, 0.2) is 0 Å². The number of nitrogens with one attached hydrogen (secondary N) is 1. The van der Waals surface area contributed by atoms with Crippen LogP contribution in [0.15, 0.2) is 29.4 Å². The van der Waals surface area contributed by atoms with E-state index in [-0.39, 0.29) is 0 Å². The quantitative estimate of drug-likeness (QED) is 0.658. The maximum absolute atomic E-state index is 10.9. The standard InChI is InChI=1S/C14H20N2O2/c1-10(2)9-12-5-7-13(8-6-12)11(3)15-16-14(17)18-4/h5-8,10H,9H2,1-4H3,(H,16,17)/b15-11-. The third kappa shape index (κ3) is 4.57. The number of rotatable bonds is 4. The zero-order chi connectivity index (χ0) is 13.5. The van der Waals surface area contributed by atoms with Crippen molar-refractivity contribution in [1.82, 2.24) is 5.43 Å². The molecule has 1 rings (SSSR count). The van der Waals surface area contributed by atoms with E-state index >= 15 is 0 Å². The first kappa shape index (κ1) is 14.2. The van der Waals surface area contributed by atoms with Gasteiger partial charge in [-0.25, -0.2) is 10.2 Å². The molecule has 0 saturated heterocycles. The first-order valence-corrected chi connectivity index (χ1v) is 6.00. The molecule has 0 aromatic heterocycles. The minimum atomic E-state index is -0.564. The molecule has 0 heterocycles. The molecule has 0 radical (unpaired) electrons. The number of hydrazone groups is 1. The lowest BCUT2D eigenvalue weighted by Gasteiger charge is -2.06. The Morgan fingerprint density at radius 1 is 1.33 bits per heavy atom. The highest BCUT2D eigenvalue weighted by molar-refractivity contribution is 5.99. The lowest BCUT2D eigenvalue weighted by molar-refractivity contribution is 0.171. The van der Waals surface area contributed by atoms with Gasteiger partial charge < -0.3 is 4.74 Å². The molecule has 18 heavy (non-hydrogen) atoms. The smallest absolute Gasteiger partial charge is 0.427 e. The van der Waals surface area contributed by atoms with Crippen LogP contribution in [0.5, 0.6) is 0 Å². The number of hydrogen-bond acceptors (Lipinski definition) is 3. The van der Waals surface area contributed by atoms with Crippen LogP contribution in [-0.2, 0) is 11.2 Å². The highest BCUT2D eigenvalue weighted by Crippen LogP contribution is 2.10. The van der Waals surface area contributed by atoms with Crippen LogP contribution in [0, 0.1) is 5.92 Å². The first-order chi connectivity index (χ1) is 8.52. The van der Waals surface area contributed by atoms with Crippen molar-refractivity contribution >= 4 is 11.8 Å². The zero-order valence-corrected chi connectivity index (χ0v) is 11.4. The van der Waals surface area contributed by atoms with E-state index in [1.807, 2.05) is 19.1 Å². The normalized spacial score (nSPS) is 11.5. The third-order valence-corrected chi connectivity index (χ3v) is 2.52. The van der Waals surface area contributed by atoms with Gasteiger partial charge in [-0.2, -0.15) is 5.10 Å². The minimum absolute atomic E-state index is 0.564. The van der Waals surface area contributed by atoms with E-state index < -0.39 is 6.09 Å². The Hall–Kier alpha value is -1.84. The van der Waals surface area contributed by atoms with Crippen LogP contribution in [0.2, 0.25) is 0 Å². The molecule has 0 aliphatic carbocycles. The molecule has 4 nitrogen and oxygen atoms in total. The van der Waals surface area contributed by atoms with Gasteiger partial charge in [-0.1, -0.05) is 38.1 Å². The van der Waals surface area contributed by atoms with Crippen molar-refractivity contribution < 1.29 is 9.53 Å². The Labute approximate surface area is 108 Å². The fraction of sp³-hybridized carbons (Fsp3) is 0.429. The summed E-state index contributed by atoms with van der Waals surface area (Å²) in [7, 11) is 1.31. The maximum atomic E-state index is 10.9. The van der Waals surface area contributed by atoms with Gasteiger partial charge in [-0.05, 0) is 30.4 Å². The molecule has 98 valence electrons. The average molecular weight is 248 g/mol. The molecule has 0 fully saturated rings. The van der Waals surface area contributed by atoms with Crippen molar-refractivity contribution in [2.24, 2.45) is 11.0 Å². The van der Waals surface area contributed by atoms with Gasteiger partial charge in [0.25, 0.3) is 0 Å². The van der Waals surface area contributed by atoms with Gasteiger partial charge >= 0.3 is 6.09 Å². The maximum Gasteiger partial charge on any atom is 0.427 e. The molecule has 0 saturated carbocycles. The van der Waals surface area contributed by atoms with Gasteiger partial charge in [0.2, 0.25) is 0 Å². The number of methoxy groups -OCH3 is 1. The van der Waals surface area contributed by atoms with E-state index in [0.717, 1.165) is 17.7 Å². The largest absolute Gasteiger partial charge is 0.452 e. The first-order valence-electron chi connectivity index (χ1n) is 6.00. The van der Waals surface area contributed by atoms with Crippen LogP contribution >= 0.6 is 0 Å². The summed E-state index contributed by atoms with van der Waals surface area (Å²) in [5, 5.41) is 3.95. The van der Waals surface area contributed by atoms with Gasteiger partial charge in [-0.15, -0.1) is 0 Å². The van der Waals surface area contributed by atoms with Gasteiger partial charge in [0.1, 0.15) is 0 Å². The van der Waals surface area contributed by atoms with Crippen LogP contribution in [0.3, 0.4) is 0 Å². The summed E-state index contributed by atoms with van der Waals surface area (Å²) >= 11 is 0. The molecule has 1 amide bonds. The fourth-order valence-corrected chi connectivity index (χ4v) is 1.59. The summed E-state index contributed by atoms with van der Waals surface area (Å²) in [4.78, 5) is 10.9. The molecule has 4 heteroatoms. The topological polar surface area (TPSA) is 50.7 Å². The fourth-order valence-electron chi connectivity index (χ4n) is 1.59. The zero-order valence-electron chi connectivity index (χ0n) is 11.4. The highest BCUT2D eigenvalue weighted by atomic mass is 16.5. The van der Waals surface area contributed by atoms with Crippen LogP contribution in [0.1, 0.15) is 31.9 Å². The molecule has 0 unspecified atom stereocenters. The van der Waals surface area contributed by atoms with Crippen molar-refractivity contribution in [1.29, 1.82) is 0 Å². The Balaban J connectivity index is 2.69. The van der Waals surface area contributed by atoms with Crippen molar-refractivity contribution in [3.05, 3.63) is 35.4 Å². The van der Waals surface area contributed by atoms with E-state index in [4.69, 9.17) is 0 Å². The van der Waals surface area contributed by atoms with E-state index in [0.29, 0.717) is 5.92 Å². The molecule has 0 bridgehead atoms. The Kier molecular flexibility index (Phi) is 5.36. The second-order valence-electron chi connectivity index (χ2n) is 4.60. The second-order valence-corrected chi connectivity index (χ2v) is 4.60. The molecule has 0 spiro atoms. The predicted octanol–water partition coefficient (Wildman–Crippen LogP) is 2.97. The van der Waals surface area contributed by atoms with Gasteiger partial charge in [-0.3, -0.25) is 0 Å². The third-order valence-electron chi connectivity index (χ3n) is 2.52. The minimum Gasteiger partial charge on any atom is -0.452 e. The number of ether oxygens (including phenoxy) is 1. The Morgan fingerprint density at radius 3 is 2.44 bits per heavy atom. The van der Waals surface area contributed by atoms with Crippen molar-refractivity contribution in [3.63, 3.8) is 0 Å². The molecular weight excluding hydrogens is 228 g/mol. The summed E-state index contributed by atoms with van der Waals surface area (Å²) in [5.41, 5.74) is 5.34. The average Bonchev–Trinajstić information content (AvgIpc) is 2.35. The Bertz CT molecular complexity index is 422. The van der Waals surface area contributed by atoms with Crippen LogP contribution in [0.4, 0.5) is 4.79 Å². The van der Waals surface area contributed by atoms with E-state index in [2.05, 4.69) is 41.2 Å². The number of amides is 1. The number of hydrogen-bond donors (Lipinski definition) is 1. The second kappa shape index (κ2) is 6.79. The van der Waals surface area contributed by atoms with E-state index in [9.17, 15) is 4.79 Å². The molecule has 0 aliphatic heterocycles. The summed E-state index contributed by atoms with van der Waals surface area (Å²) in [6, 6.07) is 8.20. The van der Waals surface area contributed by atoms with Crippen LogP contribution in [0.25, 0.3) is 0 Å². The van der Waals surface area contributed by atoms with Crippen LogP contribution in [-0.4, -0.2) is 18.9 Å². The molecule has 0 aliphatic rings. The predicted molar refractivity (Wildman–Crippen MR) is 72.7 cm³/mol. The number of benzene rings is 1. The molecular formula is C14H20N2O2. The summed E-state index contributed by atoms with van der Waals surface area (Å²) in [5.74, 6) is 0.645. The summed E-state index contributed by atoms with van der Waals surface area (Å²) in [6.45, 7) is 6.23. The summed E-state index contributed by atoms with van der Waals surface area (Å²) < 4.78 is 4.44. The van der Waals surface area contributed by atoms with Crippen molar-refractivity contribution in [2.45, 2.75) is 27.2 Å². The number of carbonyl (C=O) groups is 1. The SMILES string of the molecule is COC(=O)N/N=C(/C)c1ccc(CC(C)C)cc1. The Morgan fingerprint density at radius 2 is 1.94 bits per heavy atom. The van der Waals surface area contributed by atoms with Crippen LogP contribution < -0.4 is 5.43 Å². The number of nitrogens with zero attached hydrogens (tertiary/aromatic N) is 1. The molecule has 1 N–H and O–H groups in total. The van der Waals surface area contributed by atoms with Gasteiger partial charge in [0.05, 0.1) is 12.8 Å². The van der Waals surface area contributed by atoms with Crippen molar-refractivity contribution in [2.75, 3.05) is 7.11 Å². The highest BCUT2D eigenvalue weighted by Gasteiger charge is 2.01. The lowest BCUT2D eigenvalue weighted by atomic mass is 10.0. The molecule has 0 atom stereocenters. The summed E-state index contributed by atoms with van der Waals surface area (Å²) in [6.07, 6.45) is 0.502. The molecule has 1 aromatic carbocycles.